The standard InChI is InChI=1S/C29H34F2N6O3/c30-24-12-19(13-25(31)23(24)17-37-8-10-40-11-9-37)22-2-1-3-26-29(22)35-27(16-34-26)20(14-32)15-33-21-4-6-36(7-5-21)18-28(38)39/h1-3,12-13,15-16,21,33H,4-11,14,17-18,32H2,(H,38,39)/b20-15+. The molecule has 4 N–H and O–H groups in total. The predicted molar refractivity (Wildman–Crippen MR) is 148 cm³/mol. The number of likely N-dealkylation sites (tertiary alicyclic amines) is 1. The average molecular weight is 553 g/mol. The number of nitrogens with zero attached hydrogens (tertiary/aromatic N) is 4. The van der Waals surface area contributed by atoms with Crippen molar-refractivity contribution in [2.75, 3.05) is 52.5 Å². The van der Waals surface area contributed by atoms with Gasteiger partial charge in [-0.15, -0.1) is 0 Å². The van der Waals surface area contributed by atoms with E-state index in [1.165, 1.54) is 12.1 Å². The van der Waals surface area contributed by atoms with Crippen LogP contribution in [0, 0.1) is 11.6 Å². The van der Waals surface area contributed by atoms with Crippen LogP contribution in [-0.4, -0.2) is 89.4 Å². The molecule has 0 unspecified atom stereocenters. The molecule has 3 aromatic rings. The molecule has 40 heavy (non-hydrogen) atoms. The minimum Gasteiger partial charge on any atom is -0.480 e. The van der Waals surface area contributed by atoms with Gasteiger partial charge in [0.1, 0.15) is 11.6 Å². The molecule has 0 amide bonds. The Morgan fingerprint density at radius 1 is 1.12 bits per heavy atom. The monoisotopic (exact) mass is 552 g/mol. The highest BCUT2D eigenvalue weighted by molar-refractivity contribution is 5.92. The number of piperidine rings is 1. The average Bonchev–Trinajstić information content (AvgIpc) is 2.96. The lowest BCUT2D eigenvalue weighted by Gasteiger charge is -2.31. The first-order valence-corrected chi connectivity index (χ1v) is 13.5. The van der Waals surface area contributed by atoms with Crippen molar-refractivity contribution in [1.82, 2.24) is 25.1 Å². The van der Waals surface area contributed by atoms with Gasteiger partial charge in [0.05, 0.1) is 42.7 Å². The van der Waals surface area contributed by atoms with Gasteiger partial charge in [-0.3, -0.25) is 19.6 Å². The van der Waals surface area contributed by atoms with Crippen LogP contribution in [0.4, 0.5) is 8.78 Å². The zero-order chi connectivity index (χ0) is 28.1. The minimum atomic E-state index is -0.819. The van der Waals surface area contributed by atoms with Crippen LogP contribution in [0.15, 0.2) is 42.7 Å². The van der Waals surface area contributed by atoms with E-state index in [4.69, 9.17) is 20.6 Å². The lowest BCUT2D eigenvalue weighted by molar-refractivity contribution is -0.138. The number of para-hydroxylation sites is 1. The van der Waals surface area contributed by atoms with Crippen LogP contribution in [0.5, 0.6) is 0 Å². The first kappa shape index (κ1) is 28.0. The first-order chi connectivity index (χ1) is 19.4. The Morgan fingerprint density at radius 3 is 2.52 bits per heavy atom. The molecule has 212 valence electrons. The first-order valence-electron chi connectivity index (χ1n) is 13.5. The molecule has 1 aromatic heterocycles. The summed E-state index contributed by atoms with van der Waals surface area (Å²) in [6, 6.07) is 8.30. The Bertz CT molecular complexity index is 1360. The number of nitrogens with two attached hydrogens (primary N) is 1. The third-order valence-corrected chi connectivity index (χ3v) is 7.50. The molecule has 3 heterocycles. The second-order valence-corrected chi connectivity index (χ2v) is 10.2. The zero-order valence-electron chi connectivity index (χ0n) is 22.3. The van der Waals surface area contributed by atoms with Crippen molar-refractivity contribution < 1.29 is 23.4 Å². The number of rotatable bonds is 9. The van der Waals surface area contributed by atoms with Gasteiger partial charge in [0, 0.05) is 68.2 Å². The maximum atomic E-state index is 15.2. The quantitative estimate of drug-likeness (QED) is 0.368. The maximum Gasteiger partial charge on any atom is 0.317 e. The molecular weight excluding hydrogens is 518 g/mol. The number of carboxylic acids is 1. The number of ether oxygens (including phenoxy) is 1. The summed E-state index contributed by atoms with van der Waals surface area (Å²) in [7, 11) is 0. The van der Waals surface area contributed by atoms with Gasteiger partial charge in [-0.25, -0.2) is 13.8 Å². The van der Waals surface area contributed by atoms with Crippen molar-refractivity contribution in [2.24, 2.45) is 5.73 Å². The Balaban J connectivity index is 1.37. The highest BCUT2D eigenvalue weighted by Gasteiger charge is 2.21. The van der Waals surface area contributed by atoms with Crippen molar-refractivity contribution >= 4 is 22.6 Å². The molecule has 0 spiro atoms. The van der Waals surface area contributed by atoms with Gasteiger partial charge in [0.15, 0.2) is 0 Å². The van der Waals surface area contributed by atoms with E-state index < -0.39 is 17.6 Å². The smallest absolute Gasteiger partial charge is 0.317 e. The predicted octanol–water partition coefficient (Wildman–Crippen LogP) is 2.85. The third kappa shape index (κ3) is 6.61. The lowest BCUT2D eigenvalue weighted by Crippen LogP contribution is -2.42. The van der Waals surface area contributed by atoms with Crippen LogP contribution in [-0.2, 0) is 16.1 Å². The summed E-state index contributed by atoms with van der Waals surface area (Å²) in [6.45, 7) is 4.24. The Morgan fingerprint density at radius 2 is 1.85 bits per heavy atom. The molecule has 0 radical (unpaired) electrons. The molecule has 2 saturated heterocycles. The summed E-state index contributed by atoms with van der Waals surface area (Å²) in [5, 5.41) is 12.4. The summed E-state index contributed by atoms with van der Waals surface area (Å²) in [5.74, 6) is -2.01. The highest BCUT2D eigenvalue weighted by atomic mass is 19.1. The fraction of sp³-hybridized carbons (Fsp3) is 0.414. The molecule has 11 heteroatoms. The van der Waals surface area contributed by atoms with Crippen LogP contribution in [0.1, 0.15) is 24.1 Å². The number of fused-ring (bicyclic) bond motifs is 1. The van der Waals surface area contributed by atoms with E-state index in [0.29, 0.717) is 67.2 Å². The number of nitrogens with one attached hydrogen (secondary N) is 1. The SMILES string of the molecule is NC/C(=C\NC1CCN(CC(=O)O)CC1)c1cnc2cccc(-c3cc(F)c(CN4CCOCC4)c(F)c3)c2n1. The number of aromatic nitrogens is 2. The molecule has 2 fully saturated rings. The van der Waals surface area contributed by atoms with Crippen molar-refractivity contribution in [2.45, 2.75) is 25.4 Å². The number of carbonyl (C=O) groups is 1. The van der Waals surface area contributed by atoms with Crippen molar-refractivity contribution in [3.05, 3.63) is 65.6 Å². The number of halogens is 2. The van der Waals surface area contributed by atoms with E-state index in [1.807, 2.05) is 22.1 Å². The van der Waals surface area contributed by atoms with E-state index in [9.17, 15) is 4.79 Å². The topological polar surface area (TPSA) is 117 Å². The second-order valence-electron chi connectivity index (χ2n) is 10.2. The third-order valence-electron chi connectivity index (χ3n) is 7.50. The van der Waals surface area contributed by atoms with Crippen molar-refractivity contribution in [3.63, 3.8) is 0 Å². The van der Waals surface area contributed by atoms with Gasteiger partial charge < -0.3 is 20.9 Å². The van der Waals surface area contributed by atoms with E-state index in [0.717, 1.165) is 18.4 Å². The Labute approximate surface area is 231 Å². The number of benzene rings is 2. The Kier molecular flexibility index (Phi) is 8.95. The minimum absolute atomic E-state index is 0.0471. The largest absolute Gasteiger partial charge is 0.480 e. The molecule has 2 aromatic carbocycles. The van der Waals surface area contributed by atoms with Crippen LogP contribution in [0.25, 0.3) is 27.7 Å². The number of hydrogen-bond donors (Lipinski definition) is 3. The normalized spacial score (nSPS) is 17.8. The van der Waals surface area contributed by atoms with Gasteiger partial charge in [-0.1, -0.05) is 12.1 Å². The van der Waals surface area contributed by atoms with Crippen molar-refractivity contribution in [1.29, 1.82) is 0 Å². The molecule has 2 aliphatic rings. The number of morpholine rings is 1. The molecule has 0 atom stereocenters. The lowest BCUT2D eigenvalue weighted by atomic mass is 10.0. The van der Waals surface area contributed by atoms with Crippen LogP contribution in [0.2, 0.25) is 0 Å². The molecular formula is C29H34F2N6O3. The van der Waals surface area contributed by atoms with Gasteiger partial charge in [0.25, 0.3) is 0 Å². The van der Waals surface area contributed by atoms with E-state index >= 15 is 8.78 Å². The van der Waals surface area contributed by atoms with Gasteiger partial charge in [0.2, 0.25) is 0 Å². The fourth-order valence-corrected chi connectivity index (χ4v) is 5.22. The molecule has 0 bridgehead atoms. The summed E-state index contributed by atoms with van der Waals surface area (Å²) in [6.07, 6.45) is 5.12. The number of hydrogen-bond acceptors (Lipinski definition) is 8. The van der Waals surface area contributed by atoms with Gasteiger partial charge in [-0.05, 0) is 36.6 Å². The molecule has 0 saturated carbocycles. The molecule has 0 aliphatic carbocycles. The molecule has 5 rings (SSSR count). The molecule has 2 aliphatic heterocycles. The number of carboxylic acid groups (broad SMARTS) is 1. The summed E-state index contributed by atoms with van der Waals surface area (Å²) < 4.78 is 35.7. The van der Waals surface area contributed by atoms with Crippen LogP contribution in [0.3, 0.4) is 0 Å². The van der Waals surface area contributed by atoms with E-state index in [2.05, 4.69) is 10.3 Å². The fourth-order valence-electron chi connectivity index (χ4n) is 5.22. The van der Waals surface area contributed by atoms with E-state index in [1.54, 1.807) is 18.3 Å². The zero-order valence-corrected chi connectivity index (χ0v) is 22.3. The van der Waals surface area contributed by atoms with Crippen LogP contribution >= 0.6 is 0 Å². The van der Waals surface area contributed by atoms with Crippen LogP contribution < -0.4 is 11.1 Å². The molecule has 9 nitrogen and oxygen atoms in total. The van der Waals surface area contributed by atoms with E-state index in [-0.39, 0.29) is 31.2 Å². The van der Waals surface area contributed by atoms with Crippen molar-refractivity contribution in [3.8, 4) is 11.1 Å². The second kappa shape index (κ2) is 12.8. The van der Waals surface area contributed by atoms with Gasteiger partial charge in [-0.2, -0.15) is 0 Å². The number of aliphatic carboxylic acids is 1. The summed E-state index contributed by atoms with van der Waals surface area (Å²) >= 11 is 0. The summed E-state index contributed by atoms with van der Waals surface area (Å²) in [4.78, 5) is 24.2. The highest BCUT2D eigenvalue weighted by Crippen LogP contribution is 2.30. The summed E-state index contributed by atoms with van der Waals surface area (Å²) in [5.41, 5.74) is 9.54. The maximum absolute atomic E-state index is 15.2. The van der Waals surface area contributed by atoms with Gasteiger partial charge >= 0.3 is 5.97 Å². The Hall–Kier alpha value is -3.51.